The lowest BCUT2D eigenvalue weighted by Crippen LogP contribution is -2.36. The van der Waals surface area contributed by atoms with Crippen LogP contribution in [0.1, 0.15) is 39.4 Å². The number of morpholine rings is 1. The molecule has 1 saturated heterocycles. The van der Waals surface area contributed by atoms with Gasteiger partial charge in [0.15, 0.2) is 16.1 Å². The van der Waals surface area contributed by atoms with E-state index in [-0.39, 0.29) is 23.9 Å². The van der Waals surface area contributed by atoms with Gasteiger partial charge in [-0.3, -0.25) is 0 Å². The predicted octanol–water partition coefficient (Wildman–Crippen LogP) is 3.59. The quantitative estimate of drug-likeness (QED) is 0.350. The lowest BCUT2D eigenvalue weighted by Gasteiger charge is -2.28. The zero-order valence-electron chi connectivity index (χ0n) is 19.5. The summed E-state index contributed by atoms with van der Waals surface area (Å²) in [7, 11) is 0. The largest absolute Gasteiger partial charge is 0.462 e. The Labute approximate surface area is 210 Å². The summed E-state index contributed by atoms with van der Waals surface area (Å²) in [5, 5.41) is 14.8. The van der Waals surface area contributed by atoms with Crippen molar-refractivity contribution in [1.29, 1.82) is 0 Å². The zero-order valence-corrected chi connectivity index (χ0v) is 21.1. The van der Waals surface area contributed by atoms with Crippen LogP contribution in [0.3, 0.4) is 0 Å². The number of hydrogen-bond acceptors (Lipinski definition) is 11. The van der Waals surface area contributed by atoms with Crippen LogP contribution in [0.15, 0.2) is 16.8 Å². The Kier molecular flexibility index (Phi) is 7.78. The average molecular weight is 520 g/mol. The number of thiophene rings is 1. The highest BCUT2D eigenvalue weighted by atomic mass is 32.1. The summed E-state index contributed by atoms with van der Waals surface area (Å²) in [6, 6.07) is 3.75. The van der Waals surface area contributed by atoms with Crippen molar-refractivity contribution < 1.29 is 28.4 Å². The third-order valence-corrected chi connectivity index (χ3v) is 6.70. The normalized spacial score (nSPS) is 13.5. The van der Waals surface area contributed by atoms with Crippen molar-refractivity contribution in [3.05, 3.63) is 28.1 Å². The van der Waals surface area contributed by atoms with Gasteiger partial charge in [0.05, 0.1) is 43.4 Å². The van der Waals surface area contributed by atoms with Gasteiger partial charge in [-0.05, 0) is 61.0 Å². The highest BCUT2D eigenvalue weighted by Gasteiger charge is 2.27. The maximum atomic E-state index is 12.6. The number of thiocarbonyl (C=S) groups is 1. The van der Waals surface area contributed by atoms with Gasteiger partial charge < -0.3 is 29.7 Å². The molecule has 4 rings (SSSR count). The summed E-state index contributed by atoms with van der Waals surface area (Å²) in [5.41, 5.74) is 3.29. The molecule has 186 valence electrons. The first-order valence-electron chi connectivity index (χ1n) is 11.1. The van der Waals surface area contributed by atoms with Crippen LogP contribution in [0.4, 0.5) is 16.4 Å². The minimum atomic E-state index is -0.556. The highest BCUT2D eigenvalue weighted by molar-refractivity contribution is 7.80. The molecule has 2 aromatic heterocycles. The number of carbonyl (C=O) groups excluding carboxylic acids is 2. The molecule has 3 heterocycles. The van der Waals surface area contributed by atoms with Crippen molar-refractivity contribution in [2.45, 2.75) is 20.8 Å². The van der Waals surface area contributed by atoms with Gasteiger partial charge in [0, 0.05) is 13.1 Å². The molecule has 0 saturated carbocycles. The fourth-order valence-corrected chi connectivity index (χ4v) is 5.08. The Hall–Kier alpha value is -3.29. The number of carbonyl (C=O) groups is 2. The Balaban J connectivity index is 1.59. The predicted molar refractivity (Wildman–Crippen MR) is 136 cm³/mol. The van der Waals surface area contributed by atoms with Gasteiger partial charge >= 0.3 is 11.9 Å². The molecular formula is C22H25N5O6S2. The van der Waals surface area contributed by atoms with Crippen LogP contribution < -0.4 is 15.5 Å². The molecule has 0 bridgehead atoms. The van der Waals surface area contributed by atoms with Crippen molar-refractivity contribution in [2.75, 3.05) is 55.1 Å². The Bertz CT molecular complexity index is 1250. The smallest absolute Gasteiger partial charge is 0.348 e. The molecule has 1 fully saturated rings. The molecule has 1 aliphatic rings. The van der Waals surface area contributed by atoms with Crippen molar-refractivity contribution in [3.63, 3.8) is 0 Å². The molecule has 0 amide bonds. The van der Waals surface area contributed by atoms with Crippen LogP contribution in [0.5, 0.6) is 0 Å². The van der Waals surface area contributed by atoms with Crippen LogP contribution in [0, 0.1) is 6.92 Å². The Morgan fingerprint density at radius 2 is 1.77 bits per heavy atom. The first-order chi connectivity index (χ1) is 16.9. The van der Waals surface area contributed by atoms with E-state index >= 15 is 0 Å². The van der Waals surface area contributed by atoms with Crippen LogP contribution in [-0.2, 0) is 14.2 Å². The number of aromatic nitrogens is 2. The lowest BCUT2D eigenvalue weighted by atomic mass is 10.1. The number of esters is 2. The summed E-state index contributed by atoms with van der Waals surface area (Å²) in [5.74, 6) is -1.07. The molecular weight excluding hydrogens is 494 g/mol. The molecule has 2 N–H and O–H groups in total. The van der Waals surface area contributed by atoms with Crippen molar-refractivity contribution in [1.82, 2.24) is 10.3 Å². The van der Waals surface area contributed by atoms with E-state index < -0.39 is 11.9 Å². The topological polar surface area (TPSA) is 128 Å². The number of benzene rings is 1. The molecule has 11 nitrogen and oxygen atoms in total. The van der Waals surface area contributed by atoms with Crippen molar-refractivity contribution in [3.8, 4) is 0 Å². The second-order valence-electron chi connectivity index (χ2n) is 7.47. The first kappa shape index (κ1) is 24.8. The van der Waals surface area contributed by atoms with Crippen LogP contribution >= 0.6 is 23.6 Å². The molecule has 0 aliphatic carbocycles. The van der Waals surface area contributed by atoms with Gasteiger partial charge in [-0.15, -0.1) is 11.3 Å². The Morgan fingerprint density at radius 3 is 2.49 bits per heavy atom. The van der Waals surface area contributed by atoms with Gasteiger partial charge in [-0.2, -0.15) is 0 Å². The van der Waals surface area contributed by atoms with E-state index in [0.29, 0.717) is 45.4 Å². The zero-order chi connectivity index (χ0) is 24.9. The number of hydrogen-bond donors (Lipinski definition) is 2. The third-order valence-electron chi connectivity index (χ3n) is 5.31. The monoisotopic (exact) mass is 519 g/mol. The van der Waals surface area contributed by atoms with E-state index in [2.05, 4.69) is 25.8 Å². The van der Waals surface area contributed by atoms with E-state index in [1.807, 2.05) is 12.1 Å². The summed E-state index contributed by atoms with van der Waals surface area (Å²) >= 11 is 6.58. The van der Waals surface area contributed by atoms with Crippen LogP contribution in [0.2, 0.25) is 0 Å². The van der Waals surface area contributed by atoms with Crippen LogP contribution in [-0.4, -0.2) is 66.9 Å². The summed E-state index contributed by atoms with van der Waals surface area (Å²) < 4.78 is 20.8. The maximum absolute atomic E-state index is 12.6. The summed E-state index contributed by atoms with van der Waals surface area (Å²) in [4.78, 5) is 27.5. The molecule has 0 spiro atoms. The van der Waals surface area contributed by atoms with E-state index in [1.54, 1.807) is 20.8 Å². The molecule has 13 heteroatoms. The minimum absolute atomic E-state index is 0.190. The van der Waals surface area contributed by atoms with Gasteiger partial charge in [0.1, 0.15) is 9.88 Å². The highest BCUT2D eigenvalue weighted by Crippen LogP contribution is 2.35. The minimum Gasteiger partial charge on any atom is -0.462 e. The number of ether oxygens (including phenoxy) is 3. The first-order valence-corrected chi connectivity index (χ1v) is 12.3. The van der Waals surface area contributed by atoms with Crippen molar-refractivity contribution in [2.24, 2.45) is 0 Å². The van der Waals surface area contributed by atoms with Gasteiger partial charge in [-0.1, -0.05) is 0 Å². The van der Waals surface area contributed by atoms with E-state index in [1.165, 1.54) is 0 Å². The Morgan fingerprint density at radius 1 is 1.09 bits per heavy atom. The molecule has 3 aromatic rings. The standard InChI is InChI=1S/C22H25N5O6S2/c1-4-31-20(28)15-12(3)18(21(29)32-5-2)35-19(15)24-22(34)23-13-6-7-14(17-16(13)25-33-26-17)27-8-10-30-11-9-27/h6-7H,4-5,8-11H2,1-3H3,(H2,23,24,34). The lowest BCUT2D eigenvalue weighted by molar-refractivity contribution is 0.0527. The van der Waals surface area contributed by atoms with Gasteiger partial charge in [0.25, 0.3) is 0 Å². The third kappa shape index (κ3) is 5.21. The SMILES string of the molecule is CCOC(=O)c1sc(NC(=S)Nc2ccc(N3CCOCC3)c3nonc23)c(C(=O)OCC)c1C. The molecule has 1 aromatic carbocycles. The number of fused-ring (bicyclic) bond motifs is 1. The van der Waals surface area contributed by atoms with E-state index in [4.69, 9.17) is 31.1 Å². The second kappa shape index (κ2) is 11.0. The number of rotatable bonds is 7. The number of nitrogens with zero attached hydrogens (tertiary/aromatic N) is 3. The van der Waals surface area contributed by atoms with Gasteiger partial charge in [-0.25, -0.2) is 14.2 Å². The number of nitrogens with one attached hydrogen (secondary N) is 2. The number of anilines is 3. The fourth-order valence-electron chi connectivity index (χ4n) is 3.71. The average Bonchev–Trinajstić information content (AvgIpc) is 3.45. The molecule has 35 heavy (non-hydrogen) atoms. The molecule has 0 atom stereocenters. The van der Waals surface area contributed by atoms with Crippen molar-refractivity contribution >= 4 is 68.0 Å². The van der Waals surface area contributed by atoms with Gasteiger partial charge in [0.2, 0.25) is 0 Å². The maximum Gasteiger partial charge on any atom is 0.348 e. The van der Waals surface area contributed by atoms with E-state index in [0.717, 1.165) is 30.1 Å². The molecule has 0 unspecified atom stereocenters. The molecule has 0 radical (unpaired) electrons. The second-order valence-corrected chi connectivity index (χ2v) is 8.90. The molecule has 1 aliphatic heterocycles. The summed E-state index contributed by atoms with van der Waals surface area (Å²) in [6.07, 6.45) is 0. The van der Waals surface area contributed by atoms with Crippen LogP contribution in [0.25, 0.3) is 11.0 Å². The fraction of sp³-hybridized carbons (Fsp3) is 0.409. The summed E-state index contributed by atoms with van der Waals surface area (Å²) in [6.45, 7) is 8.27. The van der Waals surface area contributed by atoms with E-state index in [9.17, 15) is 9.59 Å².